The average Bonchev–Trinajstić information content (AvgIpc) is 3.36. The van der Waals surface area contributed by atoms with Gasteiger partial charge in [0.25, 0.3) is 5.91 Å². The number of methoxy groups -OCH3 is 1. The average molecular weight is 408 g/mol. The molecule has 0 spiro atoms. The third kappa shape index (κ3) is 3.77. The van der Waals surface area contributed by atoms with Crippen LogP contribution in [0.25, 0.3) is 11.0 Å². The summed E-state index contributed by atoms with van der Waals surface area (Å²) in [6.45, 7) is 6.38. The van der Waals surface area contributed by atoms with Crippen LogP contribution in [0, 0.1) is 13.8 Å². The lowest BCUT2D eigenvalue weighted by molar-refractivity contribution is 0.0936. The van der Waals surface area contributed by atoms with Crippen molar-refractivity contribution < 1.29 is 9.53 Å². The number of aryl methyl sites for hydroxylation is 3. The number of carbonyl (C=O) groups excluding carboxylic acids is 1. The van der Waals surface area contributed by atoms with Crippen LogP contribution >= 0.6 is 0 Å². The summed E-state index contributed by atoms with van der Waals surface area (Å²) in [5.41, 5.74) is 4.08. The molecule has 1 atom stereocenters. The molecule has 1 amide bonds. The Bertz CT molecular complexity index is 1070. The maximum absolute atomic E-state index is 13.1. The second-order valence-corrected chi connectivity index (χ2v) is 7.91. The van der Waals surface area contributed by atoms with E-state index in [0.717, 1.165) is 41.1 Å². The summed E-state index contributed by atoms with van der Waals surface area (Å²) in [5, 5.41) is 8.48. The van der Waals surface area contributed by atoms with Gasteiger partial charge in [-0.15, -0.1) is 0 Å². The van der Waals surface area contributed by atoms with E-state index in [1.54, 1.807) is 11.8 Å². The maximum Gasteiger partial charge on any atom is 0.253 e. The number of aromatic nitrogens is 3. The minimum Gasteiger partial charge on any atom is -0.496 e. The predicted molar refractivity (Wildman–Crippen MR) is 117 cm³/mol. The van der Waals surface area contributed by atoms with Crippen molar-refractivity contribution in [3.8, 4) is 5.75 Å². The summed E-state index contributed by atoms with van der Waals surface area (Å²) in [6.07, 6.45) is 2.36. The minimum atomic E-state index is -0.107. The van der Waals surface area contributed by atoms with Gasteiger partial charge >= 0.3 is 0 Å². The molecule has 4 rings (SSSR count). The fraction of sp³-hybridized carbons (Fsp3) is 0.435. The van der Waals surface area contributed by atoms with Crippen LogP contribution in [0.4, 0.5) is 0 Å². The molecule has 1 fully saturated rings. The van der Waals surface area contributed by atoms with Gasteiger partial charge in [-0.2, -0.15) is 5.10 Å². The van der Waals surface area contributed by atoms with Crippen molar-refractivity contribution in [2.45, 2.75) is 32.7 Å². The second kappa shape index (κ2) is 8.44. The zero-order chi connectivity index (χ0) is 21.3. The van der Waals surface area contributed by atoms with Gasteiger partial charge in [-0.1, -0.05) is 18.2 Å². The van der Waals surface area contributed by atoms with Crippen LogP contribution in [0.1, 0.15) is 46.2 Å². The highest BCUT2D eigenvalue weighted by Crippen LogP contribution is 2.31. The van der Waals surface area contributed by atoms with Crippen LogP contribution in [0.5, 0.6) is 5.75 Å². The first kappa shape index (κ1) is 20.3. The lowest BCUT2D eigenvalue weighted by Gasteiger charge is -2.29. The fourth-order valence-corrected chi connectivity index (χ4v) is 4.38. The molecule has 0 saturated carbocycles. The number of carbonyl (C=O) groups is 1. The molecule has 0 radical (unpaired) electrons. The molecule has 1 aliphatic heterocycles. The third-order valence-corrected chi connectivity index (χ3v) is 5.97. The van der Waals surface area contributed by atoms with Crippen molar-refractivity contribution in [2.75, 3.05) is 26.7 Å². The van der Waals surface area contributed by atoms with E-state index >= 15 is 0 Å². The number of pyridine rings is 1. The third-order valence-electron chi connectivity index (χ3n) is 5.97. The molecule has 3 aromatic rings. The van der Waals surface area contributed by atoms with Crippen molar-refractivity contribution in [3.63, 3.8) is 0 Å². The van der Waals surface area contributed by atoms with Crippen molar-refractivity contribution in [1.29, 1.82) is 0 Å². The van der Waals surface area contributed by atoms with Gasteiger partial charge in [-0.05, 0) is 51.9 Å². The zero-order valence-electron chi connectivity index (χ0n) is 18.1. The Morgan fingerprint density at radius 2 is 1.93 bits per heavy atom. The molecule has 158 valence electrons. The van der Waals surface area contributed by atoms with E-state index in [-0.39, 0.29) is 11.9 Å². The number of ether oxygens (including phenoxy) is 1. The highest BCUT2D eigenvalue weighted by Gasteiger charge is 2.27. The molecule has 1 aliphatic rings. The SMILES string of the molecule is COc1ccccc1C(CNC(=O)c1cc2c(C)nn(C)c2nc1C)N1CCCC1. The molecule has 7 nitrogen and oxygen atoms in total. The Morgan fingerprint density at radius 3 is 2.67 bits per heavy atom. The summed E-state index contributed by atoms with van der Waals surface area (Å²) in [6, 6.07) is 10.0. The van der Waals surface area contributed by atoms with Gasteiger partial charge in [0.1, 0.15) is 5.75 Å². The number of likely N-dealkylation sites (tertiary alicyclic amines) is 1. The Kier molecular flexibility index (Phi) is 5.72. The molecule has 7 heteroatoms. The Hall–Kier alpha value is -2.93. The lowest BCUT2D eigenvalue weighted by Crippen LogP contribution is -2.37. The lowest BCUT2D eigenvalue weighted by atomic mass is 10.0. The van der Waals surface area contributed by atoms with Gasteiger partial charge in [0.2, 0.25) is 0 Å². The molecular formula is C23H29N5O2. The van der Waals surface area contributed by atoms with Gasteiger partial charge in [0.05, 0.1) is 30.1 Å². The molecule has 1 N–H and O–H groups in total. The summed E-state index contributed by atoms with van der Waals surface area (Å²) < 4.78 is 7.36. The number of nitrogens with zero attached hydrogens (tertiary/aromatic N) is 4. The Balaban J connectivity index is 1.59. The summed E-state index contributed by atoms with van der Waals surface area (Å²) in [7, 11) is 3.56. The topological polar surface area (TPSA) is 72.3 Å². The van der Waals surface area contributed by atoms with Gasteiger partial charge in [0.15, 0.2) is 5.65 Å². The maximum atomic E-state index is 13.1. The van der Waals surface area contributed by atoms with E-state index in [1.165, 1.54) is 12.8 Å². The van der Waals surface area contributed by atoms with Gasteiger partial charge in [0, 0.05) is 24.5 Å². The number of fused-ring (bicyclic) bond motifs is 1. The van der Waals surface area contributed by atoms with E-state index in [9.17, 15) is 4.79 Å². The van der Waals surface area contributed by atoms with Crippen molar-refractivity contribution >= 4 is 16.9 Å². The summed E-state index contributed by atoms with van der Waals surface area (Å²) in [5.74, 6) is 0.748. The van der Waals surface area contributed by atoms with Crippen LogP contribution in [0.3, 0.4) is 0 Å². The standard InChI is InChI=1S/C23H29N5O2/c1-15-19(13-18-16(2)26-27(3)22(18)25-15)23(29)24-14-20(28-11-7-8-12-28)17-9-5-6-10-21(17)30-4/h5-6,9-10,13,20H,7-8,11-12,14H2,1-4H3,(H,24,29). The molecule has 0 bridgehead atoms. The van der Waals surface area contributed by atoms with E-state index < -0.39 is 0 Å². The van der Waals surface area contributed by atoms with Gasteiger partial charge in [-0.3, -0.25) is 14.4 Å². The fourth-order valence-electron chi connectivity index (χ4n) is 4.38. The first-order valence-corrected chi connectivity index (χ1v) is 10.5. The van der Waals surface area contributed by atoms with Crippen LogP contribution in [-0.2, 0) is 7.05 Å². The molecule has 30 heavy (non-hydrogen) atoms. The summed E-state index contributed by atoms with van der Waals surface area (Å²) in [4.78, 5) is 20.1. The number of para-hydroxylation sites is 1. The number of rotatable bonds is 6. The quantitative estimate of drug-likeness (QED) is 0.680. The minimum absolute atomic E-state index is 0.0738. The number of nitrogens with one attached hydrogen (secondary N) is 1. The molecule has 1 unspecified atom stereocenters. The number of hydrogen-bond acceptors (Lipinski definition) is 5. The largest absolute Gasteiger partial charge is 0.496 e. The van der Waals surface area contributed by atoms with Crippen LogP contribution in [0.15, 0.2) is 30.3 Å². The zero-order valence-corrected chi connectivity index (χ0v) is 18.1. The molecule has 3 heterocycles. The molecule has 1 aromatic carbocycles. The smallest absolute Gasteiger partial charge is 0.253 e. The second-order valence-electron chi connectivity index (χ2n) is 7.91. The van der Waals surface area contributed by atoms with Crippen molar-refractivity contribution in [3.05, 3.63) is 52.8 Å². The molecular weight excluding hydrogens is 378 g/mol. The molecule has 1 saturated heterocycles. The number of hydrogen-bond donors (Lipinski definition) is 1. The predicted octanol–water partition coefficient (Wildman–Crippen LogP) is 3.16. The Morgan fingerprint density at radius 1 is 1.20 bits per heavy atom. The van der Waals surface area contributed by atoms with E-state index in [1.807, 2.05) is 45.2 Å². The van der Waals surface area contributed by atoms with Crippen LogP contribution < -0.4 is 10.1 Å². The van der Waals surface area contributed by atoms with Gasteiger partial charge < -0.3 is 10.1 Å². The van der Waals surface area contributed by atoms with Crippen molar-refractivity contribution in [1.82, 2.24) is 25.0 Å². The molecule has 2 aromatic heterocycles. The normalized spacial score (nSPS) is 15.5. The van der Waals surface area contributed by atoms with Crippen LogP contribution in [0.2, 0.25) is 0 Å². The number of benzene rings is 1. The highest BCUT2D eigenvalue weighted by atomic mass is 16.5. The van der Waals surface area contributed by atoms with E-state index in [4.69, 9.17) is 4.74 Å². The summed E-state index contributed by atoms with van der Waals surface area (Å²) >= 11 is 0. The van der Waals surface area contributed by atoms with Gasteiger partial charge in [-0.25, -0.2) is 4.98 Å². The van der Waals surface area contributed by atoms with Crippen LogP contribution in [-0.4, -0.2) is 52.3 Å². The molecule has 0 aliphatic carbocycles. The monoisotopic (exact) mass is 407 g/mol. The first-order valence-electron chi connectivity index (χ1n) is 10.5. The Labute approximate surface area is 177 Å². The van der Waals surface area contributed by atoms with E-state index in [2.05, 4.69) is 26.4 Å². The first-order chi connectivity index (χ1) is 14.5. The number of amides is 1. The van der Waals surface area contributed by atoms with E-state index in [0.29, 0.717) is 17.8 Å². The van der Waals surface area contributed by atoms with Crippen molar-refractivity contribution in [2.24, 2.45) is 7.05 Å². The highest BCUT2D eigenvalue weighted by molar-refractivity contribution is 5.98.